The van der Waals surface area contributed by atoms with Gasteiger partial charge in [-0.15, -0.1) is 0 Å². The first-order chi connectivity index (χ1) is 9.19. The molecule has 1 saturated heterocycles. The number of piperidine rings is 1. The van der Waals surface area contributed by atoms with Crippen LogP contribution >= 0.6 is 0 Å². The summed E-state index contributed by atoms with van der Waals surface area (Å²) in [6.07, 6.45) is 6.51. The lowest BCUT2D eigenvalue weighted by atomic mass is 9.91. The highest BCUT2D eigenvalue weighted by molar-refractivity contribution is 5.87. The molecule has 19 heavy (non-hydrogen) atoms. The van der Waals surface area contributed by atoms with Gasteiger partial charge in [-0.1, -0.05) is 18.2 Å². The lowest BCUT2D eigenvalue weighted by molar-refractivity contribution is -0.127. The van der Waals surface area contributed by atoms with E-state index in [0.717, 1.165) is 37.9 Å². The van der Waals surface area contributed by atoms with Gasteiger partial charge in [0.15, 0.2) is 0 Å². The van der Waals surface area contributed by atoms with Crippen LogP contribution in [0, 0.1) is 11.7 Å². The fraction of sp³-hybridized carbons (Fsp3) is 0.438. The van der Waals surface area contributed by atoms with Crippen molar-refractivity contribution in [2.45, 2.75) is 26.2 Å². The third-order valence-corrected chi connectivity index (χ3v) is 3.58. The van der Waals surface area contributed by atoms with E-state index in [4.69, 9.17) is 0 Å². The average molecular weight is 261 g/mol. The van der Waals surface area contributed by atoms with Crippen LogP contribution in [0.1, 0.15) is 25.3 Å². The van der Waals surface area contributed by atoms with Crippen molar-refractivity contribution in [2.75, 3.05) is 13.1 Å². The minimum atomic E-state index is -0.197. The molecule has 0 saturated carbocycles. The van der Waals surface area contributed by atoms with E-state index in [2.05, 4.69) is 0 Å². The molecule has 1 fully saturated rings. The summed E-state index contributed by atoms with van der Waals surface area (Å²) in [4.78, 5) is 13.7. The van der Waals surface area contributed by atoms with Crippen LogP contribution in [-0.2, 0) is 11.2 Å². The largest absolute Gasteiger partial charge is 0.339 e. The number of rotatable bonds is 3. The number of allylic oxidation sites excluding steroid dienone is 1. The van der Waals surface area contributed by atoms with Gasteiger partial charge in [-0.25, -0.2) is 4.39 Å². The van der Waals surface area contributed by atoms with Crippen molar-refractivity contribution in [3.05, 3.63) is 47.8 Å². The average Bonchev–Trinajstić information content (AvgIpc) is 2.42. The van der Waals surface area contributed by atoms with E-state index < -0.39 is 0 Å². The number of nitrogens with zero attached hydrogens (tertiary/aromatic N) is 1. The minimum Gasteiger partial charge on any atom is -0.339 e. The Hall–Kier alpha value is -1.64. The highest BCUT2D eigenvalue weighted by atomic mass is 19.1. The summed E-state index contributed by atoms with van der Waals surface area (Å²) < 4.78 is 12.9. The van der Waals surface area contributed by atoms with Crippen LogP contribution in [0.15, 0.2) is 36.4 Å². The van der Waals surface area contributed by atoms with Gasteiger partial charge in [-0.2, -0.15) is 0 Å². The van der Waals surface area contributed by atoms with E-state index in [1.54, 1.807) is 12.2 Å². The highest BCUT2D eigenvalue weighted by Gasteiger charge is 2.22. The Morgan fingerprint density at radius 1 is 1.42 bits per heavy atom. The maximum Gasteiger partial charge on any atom is 0.246 e. The SMILES string of the molecule is CC=CC(=O)N1CCCC(Cc2ccc(F)cc2)C1. The van der Waals surface area contributed by atoms with Crippen LogP contribution < -0.4 is 0 Å². The first-order valence-corrected chi connectivity index (χ1v) is 6.85. The monoisotopic (exact) mass is 261 g/mol. The molecule has 1 unspecified atom stereocenters. The maximum absolute atomic E-state index is 12.9. The molecule has 0 spiro atoms. The number of hydrogen-bond acceptors (Lipinski definition) is 1. The molecule has 1 aliphatic rings. The fourth-order valence-electron chi connectivity index (χ4n) is 2.63. The molecule has 1 aliphatic heterocycles. The molecule has 0 radical (unpaired) electrons. The van der Waals surface area contributed by atoms with Crippen molar-refractivity contribution in [1.82, 2.24) is 4.90 Å². The number of carbonyl (C=O) groups excluding carboxylic acids is 1. The topological polar surface area (TPSA) is 20.3 Å². The summed E-state index contributed by atoms with van der Waals surface area (Å²) in [5, 5.41) is 0. The molecule has 0 aliphatic carbocycles. The standard InChI is InChI=1S/C16H20FNO/c1-2-4-16(19)18-10-3-5-14(12-18)11-13-6-8-15(17)9-7-13/h2,4,6-9,14H,3,5,10-12H2,1H3. The molecular formula is C16H20FNO. The zero-order valence-electron chi connectivity index (χ0n) is 11.3. The molecule has 1 amide bonds. The number of likely N-dealkylation sites (tertiary alicyclic amines) is 1. The summed E-state index contributed by atoms with van der Waals surface area (Å²) in [5.41, 5.74) is 1.15. The first-order valence-electron chi connectivity index (χ1n) is 6.85. The number of amides is 1. The Labute approximate surface area is 113 Å². The Kier molecular flexibility index (Phi) is 4.72. The van der Waals surface area contributed by atoms with Gasteiger partial charge in [0, 0.05) is 13.1 Å². The molecule has 2 rings (SSSR count). The lowest BCUT2D eigenvalue weighted by Gasteiger charge is -2.32. The Bertz CT molecular complexity index is 452. The van der Waals surface area contributed by atoms with E-state index in [1.165, 1.54) is 12.1 Å². The number of benzene rings is 1. The predicted molar refractivity (Wildman–Crippen MR) is 74.2 cm³/mol. The third-order valence-electron chi connectivity index (χ3n) is 3.58. The second kappa shape index (κ2) is 6.50. The molecule has 0 bridgehead atoms. The third kappa shape index (κ3) is 3.91. The predicted octanol–water partition coefficient (Wildman–Crippen LogP) is 3.18. The van der Waals surface area contributed by atoms with Crippen molar-refractivity contribution in [3.63, 3.8) is 0 Å². The Balaban J connectivity index is 1.94. The molecule has 102 valence electrons. The van der Waals surface area contributed by atoms with Crippen LogP contribution in [0.25, 0.3) is 0 Å². The quantitative estimate of drug-likeness (QED) is 0.765. The van der Waals surface area contributed by atoms with Gasteiger partial charge in [0.1, 0.15) is 5.82 Å². The molecule has 1 aromatic rings. The normalized spacial score (nSPS) is 19.9. The van der Waals surface area contributed by atoms with E-state index in [1.807, 2.05) is 24.0 Å². The maximum atomic E-state index is 12.9. The first kappa shape index (κ1) is 13.8. The van der Waals surface area contributed by atoms with Crippen molar-refractivity contribution in [3.8, 4) is 0 Å². The van der Waals surface area contributed by atoms with E-state index in [9.17, 15) is 9.18 Å². The van der Waals surface area contributed by atoms with Crippen molar-refractivity contribution >= 4 is 5.91 Å². The minimum absolute atomic E-state index is 0.103. The van der Waals surface area contributed by atoms with Crippen molar-refractivity contribution in [1.29, 1.82) is 0 Å². The van der Waals surface area contributed by atoms with Crippen LogP contribution in [0.3, 0.4) is 0 Å². The number of hydrogen-bond donors (Lipinski definition) is 0. The van der Waals surface area contributed by atoms with Crippen molar-refractivity contribution < 1.29 is 9.18 Å². The van der Waals surface area contributed by atoms with Gasteiger partial charge in [0.05, 0.1) is 0 Å². The lowest BCUT2D eigenvalue weighted by Crippen LogP contribution is -2.39. The van der Waals surface area contributed by atoms with Gasteiger partial charge in [-0.3, -0.25) is 4.79 Å². The van der Waals surface area contributed by atoms with Crippen LogP contribution in [0.2, 0.25) is 0 Å². The summed E-state index contributed by atoms with van der Waals surface area (Å²) in [7, 11) is 0. The van der Waals surface area contributed by atoms with E-state index in [0.29, 0.717) is 5.92 Å². The Morgan fingerprint density at radius 3 is 2.84 bits per heavy atom. The molecule has 3 heteroatoms. The second-order valence-corrected chi connectivity index (χ2v) is 5.12. The van der Waals surface area contributed by atoms with Gasteiger partial charge >= 0.3 is 0 Å². The number of carbonyl (C=O) groups is 1. The smallest absolute Gasteiger partial charge is 0.246 e. The number of halogens is 1. The van der Waals surface area contributed by atoms with E-state index in [-0.39, 0.29) is 11.7 Å². The van der Waals surface area contributed by atoms with Gasteiger partial charge in [0.2, 0.25) is 5.91 Å². The van der Waals surface area contributed by atoms with Crippen molar-refractivity contribution in [2.24, 2.45) is 5.92 Å². The molecule has 1 aromatic carbocycles. The highest BCUT2D eigenvalue weighted by Crippen LogP contribution is 2.21. The summed E-state index contributed by atoms with van der Waals surface area (Å²) in [6.45, 7) is 3.52. The zero-order valence-corrected chi connectivity index (χ0v) is 11.3. The Morgan fingerprint density at radius 2 is 2.16 bits per heavy atom. The van der Waals surface area contributed by atoms with Crippen LogP contribution in [0.4, 0.5) is 4.39 Å². The molecule has 2 nitrogen and oxygen atoms in total. The van der Waals surface area contributed by atoms with Gasteiger partial charge in [0.25, 0.3) is 0 Å². The summed E-state index contributed by atoms with van der Waals surface area (Å²) in [6, 6.07) is 6.67. The second-order valence-electron chi connectivity index (χ2n) is 5.12. The molecule has 0 aromatic heterocycles. The molecule has 1 heterocycles. The van der Waals surface area contributed by atoms with Gasteiger partial charge in [-0.05, 0) is 55.9 Å². The summed E-state index contributed by atoms with van der Waals surface area (Å²) >= 11 is 0. The van der Waals surface area contributed by atoms with E-state index >= 15 is 0 Å². The fourth-order valence-corrected chi connectivity index (χ4v) is 2.63. The molecule has 0 N–H and O–H groups in total. The molecular weight excluding hydrogens is 241 g/mol. The summed E-state index contributed by atoms with van der Waals surface area (Å²) in [5.74, 6) is 0.386. The zero-order chi connectivity index (χ0) is 13.7. The van der Waals surface area contributed by atoms with Crippen LogP contribution in [-0.4, -0.2) is 23.9 Å². The van der Waals surface area contributed by atoms with Crippen LogP contribution in [0.5, 0.6) is 0 Å². The molecule has 1 atom stereocenters. The van der Waals surface area contributed by atoms with Gasteiger partial charge < -0.3 is 4.90 Å².